The standard InChI is InChI=1S/C17H18F2N4O3S/c1-17(2)14(23-7-6-22(3)16(23)21-10-20)9-11-8-12(4-5-13(11)26-17)27(24,25)15(18)19/h4-5,8-9,15H,6-7H2,1-3H3. The van der Waals surface area contributed by atoms with E-state index >= 15 is 0 Å². The molecule has 3 rings (SSSR count). The Labute approximate surface area is 156 Å². The quantitative estimate of drug-likeness (QED) is 0.729. The van der Waals surface area contributed by atoms with E-state index in [1.807, 2.05) is 18.7 Å². The number of hydrogen-bond acceptors (Lipinski definition) is 5. The summed E-state index contributed by atoms with van der Waals surface area (Å²) in [6, 6.07) is 3.66. The Kier molecular flexibility index (Phi) is 4.59. The molecular formula is C17H18F2N4O3S. The molecule has 0 spiro atoms. The van der Waals surface area contributed by atoms with E-state index in [9.17, 15) is 17.2 Å². The van der Waals surface area contributed by atoms with E-state index in [2.05, 4.69) is 4.99 Å². The number of halogens is 2. The number of ether oxygens (including phenoxy) is 1. The molecule has 0 radical (unpaired) electrons. The molecule has 0 atom stereocenters. The minimum Gasteiger partial charge on any atom is -0.481 e. The van der Waals surface area contributed by atoms with Crippen molar-refractivity contribution in [1.82, 2.24) is 9.80 Å². The van der Waals surface area contributed by atoms with Crippen molar-refractivity contribution >= 4 is 21.9 Å². The fraction of sp³-hybridized carbons (Fsp3) is 0.412. The van der Waals surface area contributed by atoms with Gasteiger partial charge in [-0.15, -0.1) is 4.99 Å². The minimum absolute atomic E-state index is 0.372. The van der Waals surface area contributed by atoms with E-state index in [0.717, 1.165) is 6.07 Å². The highest BCUT2D eigenvalue weighted by Gasteiger charge is 2.39. The monoisotopic (exact) mass is 396 g/mol. The van der Waals surface area contributed by atoms with Gasteiger partial charge < -0.3 is 14.5 Å². The Morgan fingerprint density at radius 2 is 2.04 bits per heavy atom. The molecule has 7 nitrogen and oxygen atoms in total. The molecule has 0 saturated carbocycles. The molecule has 0 bridgehead atoms. The zero-order valence-corrected chi connectivity index (χ0v) is 15.8. The highest BCUT2D eigenvalue weighted by atomic mass is 32.2. The van der Waals surface area contributed by atoms with Crippen molar-refractivity contribution in [2.45, 2.75) is 30.1 Å². The molecule has 2 aliphatic heterocycles. The lowest BCUT2D eigenvalue weighted by molar-refractivity contribution is 0.122. The zero-order valence-electron chi connectivity index (χ0n) is 15.0. The molecule has 1 aromatic rings. The predicted octanol–water partition coefficient (Wildman–Crippen LogP) is 2.28. The molecule has 0 aliphatic carbocycles. The summed E-state index contributed by atoms with van der Waals surface area (Å²) in [6.07, 6.45) is 3.46. The third-order valence-corrected chi connectivity index (χ3v) is 5.88. The smallest absolute Gasteiger partial charge is 0.341 e. The van der Waals surface area contributed by atoms with Crippen molar-refractivity contribution in [1.29, 1.82) is 5.26 Å². The van der Waals surface area contributed by atoms with Crippen LogP contribution in [0.15, 0.2) is 33.8 Å². The number of benzene rings is 1. The average Bonchev–Trinajstić information content (AvgIpc) is 2.94. The van der Waals surface area contributed by atoms with Gasteiger partial charge in [-0.05, 0) is 38.1 Å². The van der Waals surface area contributed by atoms with Gasteiger partial charge in [0.15, 0.2) is 0 Å². The van der Waals surface area contributed by atoms with Gasteiger partial charge in [-0.3, -0.25) is 0 Å². The number of nitriles is 1. The second-order valence-corrected chi connectivity index (χ2v) is 8.65. The number of rotatable bonds is 3. The van der Waals surface area contributed by atoms with Crippen LogP contribution in [0.3, 0.4) is 0 Å². The molecule has 0 amide bonds. The molecule has 0 N–H and O–H groups in total. The number of guanidine groups is 1. The largest absolute Gasteiger partial charge is 0.481 e. The van der Waals surface area contributed by atoms with Crippen molar-refractivity contribution in [2.75, 3.05) is 20.1 Å². The van der Waals surface area contributed by atoms with Crippen LogP contribution in [0.4, 0.5) is 8.78 Å². The molecule has 2 aliphatic rings. The van der Waals surface area contributed by atoms with Gasteiger partial charge in [0.2, 0.25) is 22.0 Å². The summed E-state index contributed by atoms with van der Waals surface area (Å²) in [6.45, 7) is 4.85. The maximum Gasteiger partial charge on any atom is 0.341 e. The Morgan fingerprint density at radius 3 is 2.67 bits per heavy atom. The minimum atomic E-state index is -4.71. The van der Waals surface area contributed by atoms with E-state index in [-0.39, 0.29) is 0 Å². The van der Waals surface area contributed by atoms with Gasteiger partial charge in [0.1, 0.15) is 11.4 Å². The first-order valence-electron chi connectivity index (χ1n) is 8.10. The first kappa shape index (κ1) is 19.1. The van der Waals surface area contributed by atoms with Crippen LogP contribution in [0.25, 0.3) is 6.08 Å². The van der Waals surface area contributed by atoms with E-state index in [4.69, 9.17) is 10.00 Å². The Hall–Kier alpha value is -2.67. The Balaban J connectivity index is 2.11. The lowest BCUT2D eigenvalue weighted by atomic mass is 9.97. The lowest BCUT2D eigenvalue weighted by Gasteiger charge is -2.38. The topological polar surface area (TPSA) is 86.0 Å². The Bertz CT molecular complexity index is 980. The van der Waals surface area contributed by atoms with Gasteiger partial charge in [0.05, 0.1) is 10.6 Å². The molecule has 1 saturated heterocycles. The molecule has 1 fully saturated rings. The first-order chi connectivity index (χ1) is 12.6. The molecule has 2 heterocycles. The van der Waals surface area contributed by atoms with Gasteiger partial charge in [0.25, 0.3) is 0 Å². The first-order valence-corrected chi connectivity index (χ1v) is 9.65. The van der Waals surface area contributed by atoms with Crippen LogP contribution in [0.2, 0.25) is 0 Å². The second-order valence-electron chi connectivity index (χ2n) is 6.73. The molecule has 144 valence electrons. The summed E-state index contributed by atoms with van der Waals surface area (Å²) >= 11 is 0. The lowest BCUT2D eigenvalue weighted by Crippen LogP contribution is -2.44. The number of fused-ring (bicyclic) bond motifs is 1. The van der Waals surface area contributed by atoms with Gasteiger partial charge in [0, 0.05) is 25.7 Å². The molecule has 0 aromatic heterocycles. The third kappa shape index (κ3) is 3.23. The van der Waals surface area contributed by atoms with Crippen LogP contribution in [0.1, 0.15) is 19.4 Å². The number of alkyl halides is 2. The maximum absolute atomic E-state index is 12.9. The summed E-state index contributed by atoms with van der Waals surface area (Å²) < 4.78 is 55.3. The van der Waals surface area contributed by atoms with Gasteiger partial charge in [-0.2, -0.15) is 14.0 Å². The SMILES string of the molecule is CN1CCN(C2=Cc3cc(S(=O)(=O)C(F)F)ccc3OC2(C)C)C1=NC#N. The van der Waals surface area contributed by atoms with Crippen molar-refractivity contribution in [2.24, 2.45) is 4.99 Å². The summed E-state index contributed by atoms with van der Waals surface area (Å²) in [7, 11) is -2.91. The van der Waals surface area contributed by atoms with Crippen LogP contribution in [-0.2, 0) is 9.84 Å². The summed E-state index contributed by atoms with van der Waals surface area (Å²) in [5.74, 6) is -2.66. The summed E-state index contributed by atoms with van der Waals surface area (Å²) in [5, 5.41) is 8.95. The van der Waals surface area contributed by atoms with E-state index < -0.39 is 26.1 Å². The third-order valence-electron chi connectivity index (χ3n) is 4.50. The predicted molar refractivity (Wildman–Crippen MR) is 94.7 cm³/mol. The van der Waals surface area contributed by atoms with E-state index in [0.29, 0.717) is 36.1 Å². The molecule has 1 aromatic carbocycles. The van der Waals surface area contributed by atoms with Crippen LogP contribution in [-0.4, -0.2) is 55.7 Å². The second kappa shape index (κ2) is 6.49. The van der Waals surface area contributed by atoms with E-state index in [1.165, 1.54) is 12.1 Å². The van der Waals surface area contributed by atoms with Crippen LogP contribution >= 0.6 is 0 Å². The molecule has 10 heteroatoms. The van der Waals surface area contributed by atoms with Crippen molar-refractivity contribution in [3.05, 3.63) is 29.5 Å². The summed E-state index contributed by atoms with van der Waals surface area (Å²) in [4.78, 5) is 6.99. The molecular weight excluding hydrogens is 378 g/mol. The number of nitrogens with zero attached hydrogens (tertiary/aromatic N) is 4. The zero-order chi connectivity index (χ0) is 20.0. The van der Waals surface area contributed by atoms with E-state index in [1.54, 1.807) is 24.2 Å². The van der Waals surface area contributed by atoms with Crippen LogP contribution in [0.5, 0.6) is 5.75 Å². The van der Waals surface area contributed by atoms with Crippen molar-refractivity contribution < 1.29 is 21.9 Å². The summed E-state index contributed by atoms with van der Waals surface area (Å²) in [5.41, 5.74) is 0.231. The highest BCUT2D eigenvalue weighted by Crippen LogP contribution is 2.39. The highest BCUT2D eigenvalue weighted by molar-refractivity contribution is 7.91. The number of likely N-dealkylation sites (N-methyl/N-ethyl adjacent to an activating group) is 1. The molecule has 27 heavy (non-hydrogen) atoms. The fourth-order valence-corrected chi connectivity index (χ4v) is 3.89. The maximum atomic E-state index is 12.9. The van der Waals surface area contributed by atoms with Crippen molar-refractivity contribution in [3.8, 4) is 11.9 Å². The fourth-order valence-electron chi connectivity index (χ4n) is 3.14. The number of aliphatic imine (C=N–C) groups is 1. The van der Waals surface area contributed by atoms with Crippen molar-refractivity contribution in [3.63, 3.8) is 0 Å². The normalized spacial score (nSPS) is 20.3. The average molecular weight is 396 g/mol. The van der Waals surface area contributed by atoms with Gasteiger partial charge in [-0.25, -0.2) is 8.42 Å². The van der Waals surface area contributed by atoms with Crippen LogP contribution in [0, 0.1) is 11.5 Å². The van der Waals surface area contributed by atoms with Gasteiger partial charge in [-0.1, -0.05) is 0 Å². The molecule has 0 unspecified atom stereocenters. The van der Waals surface area contributed by atoms with Gasteiger partial charge >= 0.3 is 5.76 Å². The Morgan fingerprint density at radius 1 is 1.33 bits per heavy atom. The number of hydrogen-bond donors (Lipinski definition) is 0. The number of sulfone groups is 1. The van der Waals surface area contributed by atoms with Crippen LogP contribution < -0.4 is 4.74 Å².